The van der Waals surface area contributed by atoms with Crippen molar-refractivity contribution in [3.63, 3.8) is 0 Å². The molecule has 1 fully saturated rings. The van der Waals surface area contributed by atoms with Crippen LogP contribution < -0.4 is 0 Å². The van der Waals surface area contributed by atoms with Crippen molar-refractivity contribution in [2.75, 3.05) is 33.2 Å². The van der Waals surface area contributed by atoms with Gasteiger partial charge in [-0.25, -0.2) is 13.6 Å². The zero-order valence-corrected chi connectivity index (χ0v) is 17.8. The molecule has 0 spiro atoms. The zero-order chi connectivity index (χ0) is 22.8. The number of likely N-dealkylation sites (N-methyl/N-ethyl adjacent to an activating group) is 1. The minimum absolute atomic E-state index is 0.0505. The van der Waals surface area contributed by atoms with E-state index in [2.05, 4.69) is 0 Å². The third-order valence-corrected chi connectivity index (χ3v) is 5.97. The molecule has 0 saturated carbocycles. The predicted molar refractivity (Wildman–Crippen MR) is 116 cm³/mol. The summed E-state index contributed by atoms with van der Waals surface area (Å²) in [6.45, 7) is 1.59. The molecule has 0 aliphatic carbocycles. The number of urea groups is 1. The van der Waals surface area contributed by atoms with Crippen LogP contribution in [0.5, 0.6) is 5.75 Å². The number of likely N-dealkylation sites (tertiary alicyclic amines) is 1. The van der Waals surface area contributed by atoms with Crippen molar-refractivity contribution >= 4 is 17.5 Å². The average Bonchev–Trinajstić information content (AvgIpc) is 3.39. The Morgan fingerprint density at radius 3 is 2.75 bits per heavy atom. The van der Waals surface area contributed by atoms with Gasteiger partial charge in [0.2, 0.25) is 5.91 Å². The van der Waals surface area contributed by atoms with E-state index in [9.17, 15) is 23.5 Å². The molecule has 168 valence electrons. The Morgan fingerprint density at radius 1 is 1.22 bits per heavy atom. The van der Waals surface area contributed by atoms with E-state index in [-0.39, 0.29) is 29.8 Å². The highest BCUT2D eigenvalue weighted by molar-refractivity contribution is 5.82. The fraction of sp³-hybridized carbons (Fsp3) is 0.333. The molecular formula is C24H25F2N3O3. The molecule has 3 amide bonds. The Morgan fingerprint density at radius 2 is 2.03 bits per heavy atom. The van der Waals surface area contributed by atoms with E-state index in [1.807, 2.05) is 0 Å². The predicted octanol–water partition coefficient (Wildman–Crippen LogP) is 3.78. The summed E-state index contributed by atoms with van der Waals surface area (Å²) in [5, 5.41) is 9.92. The minimum atomic E-state index is -0.567. The molecule has 1 saturated heterocycles. The number of rotatable bonds is 5. The Balaban J connectivity index is 1.58. The van der Waals surface area contributed by atoms with Gasteiger partial charge in [-0.1, -0.05) is 18.2 Å². The van der Waals surface area contributed by atoms with Crippen molar-refractivity contribution in [2.45, 2.75) is 18.9 Å². The number of aromatic hydroxyl groups is 1. The number of carbonyl (C=O) groups is 2. The van der Waals surface area contributed by atoms with Crippen LogP contribution in [0.4, 0.5) is 13.6 Å². The maximum atomic E-state index is 14.4. The van der Waals surface area contributed by atoms with Crippen molar-refractivity contribution in [3.8, 4) is 5.75 Å². The van der Waals surface area contributed by atoms with Crippen LogP contribution >= 0.6 is 0 Å². The molecular weight excluding hydrogens is 416 g/mol. The first-order chi connectivity index (χ1) is 15.3. The molecule has 8 heteroatoms. The van der Waals surface area contributed by atoms with Gasteiger partial charge in [-0.05, 0) is 47.9 Å². The van der Waals surface area contributed by atoms with Crippen LogP contribution in [0, 0.1) is 11.6 Å². The highest BCUT2D eigenvalue weighted by Crippen LogP contribution is 2.37. The van der Waals surface area contributed by atoms with E-state index >= 15 is 0 Å². The number of benzene rings is 2. The molecule has 0 bridgehead atoms. The summed E-state index contributed by atoms with van der Waals surface area (Å²) >= 11 is 0. The first-order valence-corrected chi connectivity index (χ1v) is 10.6. The molecule has 6 nitrogen and oxygen atoms in total. The summed E-state index contributed by atoms with van der Waals surface area (Å²) in [7, 11) is 1.66. The SMILES string of the molecule is CN(CCN1CCCC1=O)C(=O)N1CC(c2cc(F)ccc2F)=CC1c1cccc(O)c1. The third kappa shape index (κ3) is 4.44. The van der Waals surface area contributed by atoms with Gasteiger partial charge in [0.05, 0.1) is 6.04 Å². The van der Waals surface area contributed by atoms with Gasteiger partial charge >= 0.3 is 6.03 Å². The van der Waals surface area contributed by atoms with Gasteiger partial charge in [-0.3, -0.25) is 4.79 Å². The van der Waals surface area contributed by atoms with Crippen LogP contribution in [0.1, 0.15) is 30.0 Å². The first-order valence-electron chi connectivity index (χ1n) is 10.6. The third-order valence-electron chi connectivity index (χ3n) is 5.97. The molecule has 4 rings (SSSR count). The number of halogens is 2. The smallest absolute Gasteiger partial charge is 0.320 e. The molecule has 1 unspecified atom stereocenters. The topological polar surface area (TPSA) is 64.1 Å². The van der Waals surface area contributed by atoms with E-state index in [0.717, 1.165) is 24.6 Å². The van der Waals surface area contributed by atoms with E-state index in [0.29, 0.717) is 37.2 Å². The van der Waals surface area contributed by atoms with Crippen LogP contribution in [-0.2, 0) is 4.79 Å². The van der Waals surface area contributed by atoms with Gasteiger partial charge < -0.3 is 19.8 Å². The summed E-state index contributed by atoms with van der Waals surface area (Å²) in [5.74, 6) is -0.985. The second kappa shape index (κ2) is 8.98. The van der Waals surface area contributed by atoms with Gasteiger partial charge in [0, 0.05) is 45.2 Å². The van der Waals surface area contributed by atoms with Crippen molar-refractivity contribution < 1.29 is 23.5 Å². The normalized spacial score (nSPS) is 18.3. The summed E-state index contributed by atoms with van der Waals surface area (Å²) in [6.07, 6.45) is 3.09. The second-order valence-electron chi connectivity index (χ2n) is 8.17. The lowest BCUT2D eigenvalue weighted by molar-refractivity contribution is -0.127. The lowest BCUT2D eigenvalue weighted by Gasteiger charge is -2.31. The number of nitrogens with zero attached hydrogens (tertiary/aromatic N) is 3. The van der Waals surface area contributed by atoms with Crippen LogP contribution in [0.25, 0.3) is 5.57 Å². The Labute approximate surface area is 185 Å². The summed E-state index contributed by atoms with van der Waals surface area (Å²) in [6, 6.07) is 8.92. The van der Waals surface area contributed by atoms with E-state index in [4.69, 9.17) is 0 Å². The number of hydrogen-bond acceptors (Lipinski definition) is 3. The molecule has 32 heavy (non-hydrogen) atoms. The molecule has 0 aromatic heterocycles. The van der Waals surface area contributed by atoms with E-state index in [1.165, 1.54) is 11.0 Å². The quantitative estimate of drug-likeness (QED) is 0.768. The molecule has 0 radical (unpaired) electrons. The standard InChI is InChI=1S/C24H25F2N3O3/c1-27(10-11-28-9-3-6-23(28)31)24(32)29-15-17(20-14-18(25)7-8-21(20)26)13-22(29)16-4-2-5-19(30)12-16/h2,4-5,7-8,12-14,22,30H,3,6,9-11,15H2,1H3. The van der Waals surface area contributed by atoms with Crippen molar-refractivity contribution in [2.24, 2.45) is 0 Å². The molecule has 2 aromatic carbocycles. The van der Waals surface area contributed by atoms with Crippen molar-refractivity contribution in [3.05, 3.63) is 71.3 Å². The van der Waals surface area contributed by atoms with Gasteiger partial charge in [0.25, 0.3) is 0 Å². The maximum Gasteiger partial charge on any atom is 0.320 e. The molecule has 2 aliphatic rings. The summed E-state index contributed by atoms with van der Waals surface area (Å²) < 4.78 is 28.2. The van der Waals surface area contributed by atoms with Crippen LogP contribution in [-0.4, -0.2) is 65.0 Å². The fourth-order valence-corrected chi connectivity index (χ4v) is 4.23. The van der Waals surface area contributed by atoms with Gasteiger partial charge in [0.1, 0.15) is 17.4 Å². The molecule has 1 atom stereocenters. The number of amides is 3. The van der Waals surface area contributed by atoms with Crippen LogP contribution in [0.2, 0.25) is 0 Å². The molecule has 2 aromatic rings. The van der Waals surface area contributed by atoms with Crippen LogP contribution in [0.15, 0.2) is 48.5 Å². The zero-order valence-electron chi connectivity index (χ0n) is 17.8. The van der Waals surface area contributed by atoms with Gasteiger partial charge in [0.15, 0.2) is 0 Å². The minimum Gasteiger partial charge on any atom is -0.508 e. The number of phenolic OH excluding ortho intramolecular Hbond substituents is 1. The second-order valence-corrected chi connectivity index (χ2v) is 8.17. The lowest BCUT2D eigenvalue weighted by Crippen LogP contribution is -2.44. The molecule has 2 heterocycles. The Hall–Kier alpha value is -3.42. The van der Waals surface area contributed by atoms with E-state index in [1.54, 1.807) is 41.1 Å². The average molecular weight is 441 g/mol. The first kappa shape index (κ1) is 21.8. The Kier molecular flexibility index (Phi) is 6.12. The fourth-order valence-electron chi connectivity index (χ4n) is 4.23. The van der Waals surface area contributed by atoms with E-state index < -0.39 is 17.7 Å². The van der Waals surface area contributed by atoms with Crippen molar-refractivity contribution in [1.29, 1.82) is 0 Å². The maximum absolute atomic E-state index is 14.4. The molecule has 1 N–H and O–H groups in total. The lowest BCUT2D eigenvalue weighted by atomic mass is 10.0. The van der Waals surface area contributed by atoms with Crippen LogP contribution in [0.3, 0.4) is 0 Å². The van der Waals surface area contributed by atoms with Gasteiger partial charge in [-0.2, -0.15) is 0 Å². The number of hydrogen-bond donors (Lipinski definition) is 1. The number of carbonyl (C=O) groups excluding carboxylic acids is 2. The highest BCUT2D eigenvalue weighted by Gasteiger charge is 2.34. The largest absolute Gasteiger partial charge is 0.508 e. The number of phenols is 1. The van der Waals surface area contributed by atoms with Gasteiger partial charge in [-0.15, -0.1) is 0 Å². The Bertz CT molecular complexity index is 1070. The molecule has 2 aliphatic heterocycles. The van der Waals surface area contributed by atoms with Crippen molar-refractivity contribution in [1.82, 2.24) is 14.7 Å². The highest BCUT2D eigenvalue weighted by atomic mass is 19.1. The monoisotopic (exact) mass is 441 g/mol. The summed E-state index contributed by atoms with van der Waals surface area (Å²) in [4.78, 5) is 30.0. The summed E-state index contributed by atoms with van der Waals surface area (Å²) in [5.41, 5.74) is 1.26.